The van der Waals surface area contributed by atoms with Gasteiger partial charge in [-0.1, -0.05) is 24.0 Å². The third kappa shape index (κ3) is 4.29. The van der Waals surface area contributed by atoms with Gasteiger partial charge >= 0.3 is 5.97 Å². The molecule has 0 bridgehead atoms. The van der Waals surface area contributed by atoms with Crippen LogP contribution in [0.5, 0.6) is 5.75 Å². The molecule has 8 heteroatoms. The molecule has 122 valence electrons. The number of benzene rings is 1. The topological polar surface area (TPSA) is 66.8 Å². The van der Waals surface area contributed by atoms with Gasteiger partial charge in [0.25, 0.3) is 5.91 Å². The van der Waals surface area contributed by atoms with Crippen LogP contribution >= 0.6 is 24.0 Å². The Morgan fingerprint density at radius 1 is 1.52 bits per heavy atom. The highest BCUT2D eigenvalue weighted by atomic mass is 32.2. The largest absolute Gasteiger partial charge is 0.497 e. The number of carbonyl (C=O) groups is 2. The summed E-state index contributed by atoms with van der Waals surface area (Å²) in [5, 5.41) is 8.63. The van der Waals surface area contributed by atoms with Gasteiger partial charge in [0.1, 0.15) is 15.9 Å². The first kappa shape index (κ1) is 17.4. The maximum Gasteiger partial charge on any atom is 0.303 e. The van der Waals surface area contributed by atoms with E-state index in [4.69, 9.17) is 22.1 Å². The first-order valence-corrected chi connectivity index (χ1v) is 7.95. The molecule has 1 saturated heterocycles. The van der Waals surface area contributed by atoms with Crippen LogP contribution in [-0.4, -0.2) is 39.9 Å². The molecule has 0 aliphatic carbocycles. The molecule has 1 aliphatic heterocycles. The van der Waals surface area contributed by atoms with Crippen LogP contribution in [-0.2, 0) is 9.59 Å². The van der Waals surface area contributed by atoms with Crippen molar-refractivity contribution in [1.82, 2.24) is 4.90 Å². The number of nitrogens with zero attached hydrogens (tertiary/aromatic N) is 1. The molecule has 5 nitrogen and oxygen atoms in total. The molecular formula is C15H14FNO4S2. The van der Waals surface area contributed by atoms with Crippen molar-refractivity contribution in [2.75, 3.05) is 13.7 Å². The van der Waals surface area contributed by atoms with Crippen molar-refractivity contribution in [3.8, 4) is 5.75 Å². The van der Waals surface area contributed by atoms with Gasteiger partial charge in [0.2, 0.25) is 0 Å². The standard InChI is InChI=1S/C15H14FNO4S2/c1-21-10-5-4-9(11(16)8-10)7-12-14(20)17(15(22)23-12)6-2-3-13(18)19/h4-5,7-8H,2-3,6H2,1H3,(H,18,19)/b12-7-. The zero-order valence-corrected chi connectivity index (χ0v) is 13.9. The quantitative estimate of drug-likeness (QED) is 0.625. The number of carboxylic acid groups (broad SMARTS) is 1. The molecule has 2 rings (SSSR count). The van der Waals surface area contributed by atoms with Crippen molar-refractivity contribution in [1.29, 1.82) is 0 Å². The van der Waals surface area contributed by atoms with E-state index in [-0.39, 0.29) is 24.4 Å². The molecule has 1 aliphatic rings. The number of halogens is 1. The van der Waals surface area contributed by atoms with E-state index in [9.17, 15) is 14.0 Å². The summed E-state index contributed by atoms with van der Waals surface area (Å²) < 4.78 is 19.2. The molecule has 1 aromatic carbocycles. The molecule has 0 unspecified atom stereocenters. The SMILES string of the molecule is COc1ccc(/C=C2\SC(=S)N(CCCC(=O)O)C2=O)c(F)c1. The molecular weight excluding hydrogens is 341 g/mol. The van der Waals surface area contributed by atoms with E-state index in [0.29, 0.717) is 21.4 Å². The Labute approximate surface area is 142 Å². The van der Waals surface area contributed by atoms with E-state index < -0.39 is 11.8 Å². The van der Waals surface area contributed by atoms with Crippen LogP contribution in [0.3, 0.4) is 0 Å². The second kappa shape index (κ2) is 7.56. The summed E-state index contributed by atoms with van der Waals surface area (Å²) in [6.45, 7) is 0.236. The summed E-state index contributed by atoms with van der Waals surface area (Å²) in [6, 6.07) is 4.35. The van der Waals surface area contributed by atoms with Gasteiger partial charge in [0.15, 0.2) is 0 Å². The van der Waals surface area contributed by atoms with Gasteiger partial charge in [-0.2, -0.15) is 0 Å². The molecule has 1 heterocycles. The van der Waals surface area contributed by atoms with Gasteiger partial charge in [-0.15, -0.1) is 0 Å². The molecule has 0 aromatic heterocycles. The van der Waals surface area contributed by atoms with E-state index in [1.807, 2.05) is 0 Å². The minimum Gasteiger partial charge on any atom is -0.497 e. The van der Waals surface area contributed by atoms with Crippen LogP contribution < -0.4 is 4.74 Å². The molecule has 0 radical (unpaired) electrons. The van der Waals surface area contributed by atoms with Crippen molar-refractivity contribution in [2.45, 2.75) is 12.8 Å². The fourth-order valence-corrected chi connectivity index (χ4v) is 3.27. The van der Waals surface area contributed by atoms with Gasteiger partial charge < -0.3 is 9.84 Å². The van der Waals surface area contributed by atoms with Crippen LogP contribution in [0.15, 0.2) is 23.1 Å². The van der Waals surface area contributed by atoms with E-state index >= 15 is 0 Å². The predicted molar refractivity (Wildman–Crippen MR) is 89.7 cm³/mol. The van der Waals surface area contributed by atoms with Gasteiger partial charge in [-0.25, -0.2) is 4.39 Å². The first-order chi connectivity index (χ1) is 10.9. The number of hydrogen-bond donors (Lipinski definition) is 1. The van der Waals surface area contributed by atoms with Crippen molar-refractivity contribution < 1.29 is 23.8 Å². The zero-order valence-electron chi connectivity index (χ0n) is 12.2. The molecule has 0 spiro atoms. The Morgan fingerprint density at radius 3 is 2.87 bits per heavy atom. The highest BCUT2D eigenvalue weighted by molar-refractivity contribution is 8.26. The normalized spacial score (nSPS) is 16.3. The minimum atomic E-state index is -0.925. The van der Waals surface area contributed by atoms with Crippen molar-refractivity contribution in [3.63, 3.8) is 0 Å². The lowest BCUT2D eigenvalue weighted by Crippen LogP contribution is -2.29. The third-order valence-electron chi connectivity index (χ3n) is 3.14. The number of hydrogen-bond acceptors (Lipinski definition) is 5. The highest BCUT2D eigenvalue weighted by Gasteiger charge is 2.31. The predicted octanol–water partition coefficient (Wildman–Crippen LogP) is 2.90. The molecule has 1 fully saturated rings. The molecule has 0 atom stereocenters. The van der Waals surface area contributed by atoms with Gasteiger partial charge in [-0.05, 0) is 24.6 Å². The Bertz CT molecular complexity index is 690. The van der Waals surface area contributed by atoms with Crippen molar-refractivity contribution in [2.24, 2.45) is 0 Å². The van der Waals surface area contributed by atoms with Crippen LogP contribution in [0.4, 0.5) is 4.39 Å². The van der Waals surface area contributed by atoms with Gasteiger partial charge in [0, 0.05) is 24.6 Å². The monoisotopic (exact) mass is 355 g/mol. The fourth-order valence-electron chi connectivity index (χ4n) is 1.97. The maximum atomic E-state index is 13.9. The summed E-state index contributed by atoms with van der Waals surface area (Å²) in [6.07, 6.45) is 1.71. The maximum absolute atomic E-state index is 13.9. The number of methoxy groups -OCH3 is 1. The second-order valence-corrected chi connectivity index (χ2v) is 6.39. The summed E-state index contributed by atoms with van der Waals surface area (Å²) in [5.74, 6) is -1.37. The van der Waals surface area contributed by atoms with Crippen molar-refractivity contribution in [3.05, 3.63) is 34.5 Å². The van der Waals surface area contributed by atoms with Crippen molar-refractivity contribution >= 4 is 46.3 Å². The zero-order chi connectivity index (χ0) is 17.0. The van der Waals surface area contributed by atoms with Crippen LogP contribution in [0.2, 0.25) is 0 Å². The summed E-state index contributed by atoms with van der Waals surface area (Å²) in [7, 11) is 1.44. The van der Waals surface area contributed by atoms with E-state index in [1.54, 1.807) is 6.07 Å². The van der Waals surface area contributed by atoms with Gasteiger partial charge in [-0.3, -0.25) is 14.5 Å². The van der Waals surface area contributed by atoms with E-state index in [1.165, 1.54) is 30.2 Å². The summed E-state index contributed by atoms with van der Waals surface area (Å²) >= 11 is 6.21. The Morgan fingerprint density at radius 2 is 2.26 bits per heavy atom. The number of carbonyl (C=O) groups excluding carboxylic acids is 1. The number of ether oxygens (including phenoxy) is 1. The molecule has 1 aromatic rings. The summed E-state index contributed by atoms with van der Waals surface area (Å²) in [4.78, 5) is 24.5. The highest BCUT2D eigenvalue weighted by Crippen LogP contribution is 2.33. The van der Waals surface area contributed by atoms with Crippen LogP contribution in [0.25, 0.3) is 6.08 Å². The molecule has 0 saturated carbocycles. The second-order valence-electron chi connectivity index (χ2n) is 4.72. The summed E-state index contributed by atoms with van der Waals surface area (Å²) in [5.41, 5.74) is 0.261. The molecule has 1 N–H and O–H groups in total. The lowest BCUT2D eigenvalue weighted by Gasteiger charge is -2.13. The van der Waals surface area contributed by atoms with E-state index in [2.05, 4.69) is 0 Å². The lowest BCUT2D eigenvalue weighted by molar-refractivity contribution is -0.137. The Balaban J connectivity index is 2.13. The van der Waals surface area contributed by atoms with Gasteiger partial charge in [0.05, 0.1) is 12.0 Å². The molecule has 1 amide bonds. The Kier molecular flexibility index (Phi) is 5.73. The number of rotatable bonds is 6. The molecule has 23 heavy (non-hydrogen) atoms. The number of thiocarbonyl (C=S) groups is 1. The lowest BCUT2D eigenvalue weighted by atomic mass is 10.2. The number of aliphatic carboxylic acids is 1. The Hall–Kier alpha value is -1.93. The smallest absolute Gasteiger partial charge is 0.303 e. The number of amides is 1. The fraction of sp³-hybridized carbons (Fsp3) is 0.267. The average molecular weight is 355 g/mol. The van der Waals surface area contributed by atoms with Crippen LogP contribution in [0, 0.1) is 5.82 Å². The third-order valence-corrected chi connectivity index (χ3v) is 4.52. The average Bonchev–Trinajstić information content (AvgIpc) is 2.76. The first-order valence-electron chi connectivity index (χ1n) is 6.73. The van der Waals surface area contributed by atoms with Crippen LogP contribution in [0.1, 0.15) is 18.4 Å². The minimum absolute atomic E-state index is 0.0385. The van der Waals surface area contributed by atoms with E-state index in [0.717, 1.165) is 11.8 Å². The number of carboxylic acids is 1. The number of thioether (sulfide) groups is 1.